The molecular weight excluding hydrogens is 232 g/mol. The number of isocyanates is 1. The summed E-state index contributed by atoms with van der Waals surface area (Å²) in [5.74, 6) is 0. The van der Waals surface area contributed by atoms with E-state index >= 15 is 0 Å². The smallest absolute Gasteiger partial charge is 0.407 e. The summed E-state index contributed by atoms with van der Waals surface area (Å²) in [5.41, 5.74) is 0.0297. The van der Waals surface area contributed by atoms with E-state index in [2.05, 4.69) is 35.8 Å². The second-order valence-corrected chi connectivity index (χ2v) is 6.30. The van der Waals surface area contributed by atoms with Crippen LogP contribution in [-0.2, 0) is 9.53 Å². The molecule has 0 spiro atoms. The number of rotatable bonds is 3. The predicted molar refractivity (Wildman–Crippen MR) is 68.1 cm³/mol. The first-order valence-electron chi connectivity index (χ1n) is 6.18. The monoisotopic (exact) mass is 254 g/mol. The van der Waals surface area contributed by atoms with Crippen LogP contribution >= 0.6 is 0 Å². The minimum absolute atomic E-state index is 0.0630. The van der Waals surface area contributed by atoms with Crippen LogP contribution < -0.4 is 5.32 Å². The molecule has 1 N–H and O–H groups in total. The molecule has 0 bridgehead atoms. The van der Waals surface area contributed by atoms with Crippen LogP contribution in [0.5, 0.6) is 0 Å². The molecule has 2 atom stereocenters. The van der Waals surface area contributed by atoms with Crippen LogP contribution in [0.15, 0.2) is 4.99 Å². The number of methoxy groups -OCH3 is 1. The summed E-state index contributed by atoms with van der Waals surface area (Å²) in [5, 5.41) is 2.85. The van der Waals surface area contributed by atoms with Gasteiger partial charge in [0.05, 0.1) is 13.7 Å². The van der Waals surface area contributed by atoms with Gasteiger partial charge >= 0.3 is 6.09 Å². The maximum atomic E-state index is 11.3. The summed E-state index contributed by atoms with van der Waals surface area (Å²) in [7, 11) is 1.36. The maximum Gasteiger partial charge on any atom is 0.407 e. The van der Waals surface area contributed by atoms with Gasteiger partial charge in [0, 0.05) is 6.04 Å². The Kier molecular flexibility index (Phi) is 4.52. The van der Waals surface area contributed by atoms with E-state index in [0.29, 0.717) is 6.54 Å². The molecule has 1 aliphatic carbocycles. The lowest BCUT2D eigenvalue weighted by atomic mass is 9.62. The molecule has 1 aliphatic rings. The summed E-state index contributed by atoms with van der Waals surface area (Å²) in [6, 6.07) is 0.0630. The van der Waals surface area contributed by atoms with Gasteiger partial charge in [-0.05, 0) is 30.1 Å². The topological polar surface area (TPSA) is 67.8 Å². The zero-order chi connectivity index (χ0) is 13.8. The number of nitrogens with zero attached hydrogens (tertiary/aromatic N) is 1. The lowest BCUT2D eigenvalue weighted by molar-refractivity contribution is 0.0744. The third kappa shape index (κ3) is 4.15. The number of hydrogen-bond acceptors (Lipinski definition) is 4. The molecule has 1 rings (SSSR count). The van der Waals surface area contributed by atoms with Crippen molar-refractivity contribution in [3.8, 4) is 0 Å². The van der Waals surface area contributed by atoms with Crippen LogP contribution in [0, 0.1) is 10.8 Å². The maximum absolute atomic E-state index is 11.3. The van der Waals surface area contributed by atoms with E-state index in [1.807, 2.05) is 0 Å². The molecule has 0 heterocycles. The van der Waals surface area contributed by atoms with E-state index in [1.54, 1.807) is 6.08 Å². The number of alkyl carbamates (subject to hydrolysis) is 1. The molecule has 1 saturated carbocycles. The van der Waals surface area contributed by atoms with Crippen LogP contribution in [0.25, 0.3) is 0 Å². The van der Waals surface area contributed by atoms with E-state index in [-0.39, 0.29) is 16.9 Å². The van der Waals surface area contributed by atoms with E-state index in [0.717, 1.165) is 19.3 Å². The summed E-state index contributed by atoms with van der Waals surface area (Å²) >= 11 is 0. The third-order valence-electron chi connectivity index (χ3n) is 3.48. The van der Waals surface area contributed by atoms with Crippen molar-refractivity contribution in [1.82, 2.24) is 5.32 Å². The third-order valence-corrected chi connectivity index (χ3v) is 3.48. The van der Waals surface area contributed by atoms with Crippen molar-refractivity contribution < 1.29 is 14.3 Å². The number of carbonyl (C=O) groups excluding carboxylic acids is 2. The molecule has 0 aromatic carbocycles. The van der Waals surface area contributed by atoms with E-state index < -0.39 is 6.09 Å². The van der Waals surface area contributed by atoms with Crippen LogP contribution in [0.1, 0.15) is 40.0 Å². The molecule has 2 unspecified atom stereocenters. The Morgan fingerprint density at radius 2 is 2.11 bits per heavy atom. The van der Waals surface area contributed by atoms with Gasteiger partial charge in [0.15, 0.2) is 0 Å². The normalized spacial score (nSPS) is 30.1. The van der Waals surface area contributed by atoms with Crippen LogP contribution in [0.2, 0.25) is 0 Å². The molecule has 1 amide bonds. The highest BCUT2D eigenvalue weighted by atomic mass is 16.5. The Labute approximate surface area is 108 Å². The van der Waals surface area contributed by atoms with Crippen LogP contribution in [-0.4, -0.2) is 31.9 Å². The first-order chi connectivity index (χ1) is 8.30. The predicted octanol–water partition coefficient (Wildman–Crippen LogP) is 2.26. The SMILES string of the molecule is COC(=O)NC1CC(C)(C)CC(C)(CN=C=O)C1. The molecule has 0 radical (unpaired) electrons. The van der Waals surface area contributed by atoms with Gasteiger partial charge in [-0.2, -0.15) is 0 Å². The Morgan fingerprint density at radius 1 is 1.44 bits per heavy atom. The first-order valence-corrected chi connectivity index (χ1v) is 6.18. The van der Waals surface area contributed by atoms with E-state index in [9.17, 15) is 9.59 Å². The minimum Gasteiger partial charge on any atom is -0.453 e. The van der Waals surface area contributed by atoms with Gasteiger partial charge in [0.1, 0.15) is 0 Å². The highest BCUT2D eigenvalue weighted by molar-refractivity contribution is 5.67. The molecular formula is C13H22N2O3. The Bertz CT molecular complexity index is 361. The van der Waals surface area contributed by atoms with Crippen molar-refractivity contribution in [3.05, 3.63) is 0 Å². The van der Waals surface area contributed by atoms with Gasteiger partial charge < -0.3 is 10.1 Å². The molecule has 0 saturated heterocycles. The van der Waals surface area contributed by atoms with E-state index in [1.165, 1.54) is 7.11 Å². The van der Waals surface area contributed by atoms with Crippen molar-refractivity contribution in [2.45, 2.75) is 46.1 Å². The first kappa shape index (κ1) is 14.7. The second-order valence-electron chi connectivity index (χ2n) is 6.30. The van der Waals surface area contributed by atoms with Crippen LogP contribution in [0.4, 0.5) is 4.79 Å². The fourth-order valence-corrected chi connectivity index (χ4v) is 3.30. The highest BCUT2D eigenvalue weighted by Crippen LogP contribution is 2.46. The summed E-state index contributed by atoms with van der Waals surface area (Å²) in [6.07, 6.45) is 3.88. The molecule has 1 fully saturated rings. The van der Waals surface area contributed by atoms with Crippen molar-refractivity contribution >= 4 is 12.2 Å². The van der Waals surface area contributed by atoms with Gasteiger partial charge in [0.25, 0.3) is 0 Å². The zero-order valence-corrected chi connectivity index (χ0v) is 11.6. The molecule has 5 nitrogen and oxygen atoms in total. The Morgan fingerprint density at radius 3 is 2.67 bits per heavy atom. The highest BCUT2D eigenvalue weighted by Gasteiger charge is 2.41. The van der Waals surface area contributed by atoms with Gasteiger partial charge in [-0.3, -0.25) is 0 Å². The minimum atomic E-state index is -0.404. The van der Waals surface area contributed by atoms with Gasteiger partial charge in [0.2, 0.25) is 6.08 Å². The van der Waals surface area contributed by atoms with Crippen LogP contribution in [0.3, 0.4) is 0 Å². The average Bonchev–Trinajstić information content (AvgIpc) is 2.23. The average molecular weight is 254 g/mol. The summed E-state index contributed by atoms with van der Waals surface area (Å²) in [4.78, 5) is 25.3. The van der Waals surface area contributed by atoms with Gasteiger partial charge in [-0.1, -0.05) is 20.8 Å². The Hall–Kier alpha value is -1.35. The van der Waals surface area contributed by atoms with Crippen molar-refractivity contribution in [1.29, 1.82) is 0 Å². The van der Waals surface area contributed by atoms with Gasteiger partial charge in [-0.25, -0.2) is 14.6 Å². The van der Waals surface area contributed by atoms with Gasteiger partial charge in [-0.15, -0.1) is 0 Å². The lowest BCUT2D eigenvalue weighted by Gasteiger charge is -2.45. The molecule has 5 heteroatoms. The number of hydrogen-bond donors (Lipinski definition) is 1. The quantitative estimate of drug-likeness (QED) is 0.620. The van der Waals surface area contributed by atoms with E-state index in [4.69, 9.17) is 0 Å². The molecule has 18 heavy (non-hydrogen) atoms. The number of carbonyl (C=O) groups is 1. The molecule has 0 aromatic rings. The number of nitrogens with one attached hydrogen (secondary N) is 1. The number of aliphatic imine (C=N–C) groups is 1. The van der Waals surface area contributed by atoms with Crippen molar-refractivity contribution in [2.24, 2.45) is 15.8 Å². The second kappa shape index (κ2) is 5.53. The number of ether oxygens (including phenoxy) is 1. The lowest BCUT2D eigenvalue weighted by Crippen LogP contribution is -2.47. The molecule has 0 aromatic heterocycles. The zero-order valence-electron chi connectivity index (χ0n) is 11.6. The summed E-state index contributed by atoms with van der Waals surface area (Å²) in [6.45, 7) is 6.89. The molecule has 102 valence electrons. The van der Waals surface area contributed by atoms with Crippen molar-refractivity contribution in [2.75, 3.05) is 13.7 Å². The van der Waals surface area contributed by atoms with Crippen molar-refractivity contribution in [3.63, 3.8) is 0 Å². The fraction of sp³-hybridized carbons (Fsp3) is 0.846. The fourth-order valence-electron chi connectivity index (χ4n) is 3.30. The summed E-state index contributed by atoms with van der Waals surface area (Å²) < 4.78 is 4.63. The number of amides is 1. The Balaban J connectivity index is 2.77. The largest absolute Gasteiger partial charge is 0.453 e. The standard InChI is InChI=1S/C13H22N2O3/c1-12(2)5-10(15-11(17)18-4)6-13(3,7-12)8-14-9-16/h10H,5-8H2,1-4H3,(H,15,17). The molecule has 0 aliphatic heterocycles.